The molecule has 1 aliphatic heterocycles. The van der Waals surface area contributed by atoms with Gasteiger partial charge in [-0.2, -0.15) is 0 Å². The highest BCUT2D eigenvalue weighted by Gasteiger charge is 2.31. The summed E-state index contributed by atoms with van der Waals surface area (Å²) in [4.78, 5) is 28.9. The van der Waals surface area contributed by atoms with E-state index in [0.29, 0.717) is 25.6 Å². The first-order valence-electron chi connectivity index (χ1n) is 9.32. The summed E-state index contributed by atoms with van der Waals surface area (Å²) in [6.07, 6.45) is 5.37. The Hall–Kier alpha value is -2.34. The number of aromatic amines is 1. The van der Waals surface area contributed by atoms with E-state index in [2.05, 4.69) is 32.7 Å². The van der Waals surface area contributed by atoms with Crippen molar-refractivity contribution in [3.05, 3.63) is 36.0 Å². The van der Waals surface area contributed by atoms with Gasteiger partial charge in [0.2, 0.25) is 11.8 Å². The summed E-state index contributed by atoms with van der Waals surface area (Å²) in [5.74, 6) is 0.0961. The molecule has 0 spiro atoms. The molecule has 2 amide bonds. The highest BCUT2D eigenvalue weighted by atomic mass is 16.2. The Morgan fingerprint density at radius 3 is 2.77 bits per heavy atom. The number of hydrogen-bond donors (Lipinski definition) is 3. The third kappa shape index (κ3) is 4.43. The van der Waals surface area contributed by atoms with E-state index in [1.165, 1.54) is 17.9 Å². The molecule has 3 rings (SSSR count). The van der Waals surface area contributed by atoms with Crippen LogP contribution in [0.3, 0.4) is 0 Å². The topological polar surface area (TPSA) is 77.2 Å². The van der Waals surface area contributed by atoms with Crippen molar-refractivity contribution in [2.45, 2.75) is 44.7 Å². The summed E-state index contributed by atoms with van der Waals surface area (Å²) in [5, 5.41) is 7.14. The van der Waals surface area contributed by atoms with Crippen molar-refractivity contribution in [3.8, 4) is 0 Å². The van der Waals surface area contributed by atoms with Gasteiger partial charge in [-0.05, 0) is 37.9 Å². The molecule has 2 aromatic rings. The molecule has 1 aliphatic rings. The van der Waals surface area contributed by atoms with Gasteiger partial charge in [0.25, 0.3) is 0 Å². The van der Waals surface area contributed by atoms with E-state index in [1.807, 2.05) is 25.4 Å². The van der Waals surface area contributed by atoms with Gasteiger partial charge in [-0.1, -0.05) is 18.2 Å². The molecule has 1 aromatic heterocycles. The lowest BCUT2D eigenvalue weighted by Crippen LogP contribution is -2.42. The zero-order chi connectivity index (χ0) is 18.5. The van der Waals surface area contributed by atoms with Crippen LogP contribution in [0.1, 0.15) is 31.7 Å². The van der Waals surface area contributed by atoms with Crippen LogP contribution in [-0.4, -0.2) is 53.9 Å². The standard InChI is InChI=1S/C20H28N4O2/c1-14(25)22-13-17-8-7-16(24(17)2)11-20(26)21-10-9-15-12-23-19-6-4-3-5-18(15)19/h3-6,12,16-17,23H,7-11,13H2,1-2H3,(H,21,26)(H,22,25)/t16-,17+/m0/s1. The quantitative estimate of drug-likeness (QED) is 0.708. The Morgan fingerprint density at radius 2 is 1.96 bits per heavy atom. The number of benzene rings is 1. The lowest BCUT2D eigenvalue weighted by atomic mass is 10.1. The molecule has 1 saturated heterocycles. The first-order chi connectivity index (χ1) is 12.5. The van der Waals surface area contributed by atoms with Gasteiger partial charge >= 0.3 is 0 Å². The molecule has 0 aliphatic carbocycles. The zero-order valence-electron chi connectivity index (χ0n) is 15.5. The van der Waals surface area contributed by atoms with Crippen LogP contribution >= 0.6 is 0 Å². The Morgan fingerprint density at radius 1 is 1.19 bits per heavy atom. The summed E-state index contributed by atoms with van der Waals surface area (Å²) < 4.78 is 0. The molecule has 2 atom stereocenters. The summed E-state index contributed by atoms with van der Waals surface area (Å²) >= 11 is 0. The monoisotopic (exact) mass is 356 g/mol. The number of likely N-dealkylation sites (tertiary alicyclic amines) is 1. The molecule has 6 nitrogen and oxygen atoms in total. The summed E-state index contributed by atoms with van der Waals surface area (Å²) in [6.45, 7) is 2.84. The SMILES string of the molecule is CC(=O)NC[C@H]1CC[C@@H](CC(=O)NCCc2c[nH]c3ccccc23)N1C. The number of likely N-dealkylation sites (N-methyl/N-ethyl adjacent to an activating group) is 1. The first kappa shape index (κ1) is 18.5. The Labute approximate surface area is 154 Å². The maximum absolute atomic E-state index is 12.3. The number of carbonyl (C=O) groups excluding carboxylic acids is 2. The van der Waals surface area contributed by atoms with Crippen LogP contribution < -0.4 is 10.6 Å². The van der Waals surface area contributed by atoms with Gasteiger partial charge in [0.1, 0.15) is 0 Å². The fourth-order valence-corrected chi connectivity index (χ4v) is 3.81. The van der Waals surface area contributed by atoms with E-state index in [4.69, 9.17) is 0 Å². The molecule has 0 bridgehead atoms. The molecule has 6 heteroatoms. The van der Waals surface area contributed by atoms with Crippen LogP contribution in [0, 0.1) is 0 Å². The molecule has 1 aromatic carbocycles. The van der Waals surface area contributed by atoms with Gasteiger partial charge in [-0.3, -0.25) is 14.5 Å². The molecule has 3 N–H and O–H groups in total. The van der Waals surface area contributed by atoms with Gasteiger partial charge < -0.3 is 15.6 Å². The number of nitrogens with zero attached hydrogens (tertiary/aromatic N) is 1. The van der Waals surface area contributed by atoms with E-state index in [9.17, 15) is 9.59 Å². The van der Waals surface area contributed by atoms with Gasteiger partial charge in [0, 0.05) is 55.6 Å². The van der Waals surface area contributed by atoms with Crippen molar-refractivity contribution in [3.63, 3.8) is 0 Å². The third-order valence-corrected chi connectivity index (χ3v) is 5.38. The average Bonchev–Trinajstić information content (AvgIpc) is 3.18. The van der Waals surface area contributed by atoms with Crippen LogP contribution in [0.15, 0.2) is 30.5 Å². The second-order valence-electron chi connectivity index (χ2n) is 7.15. The highest BCUT2D eigenvalue weighted by molar-refractivity contribution is 5.83. The minimum absolute atomic E-state index is 0.00289. The number of H-pyrrole nitrogens is 1. The minimum atomic E-state index is -0.00289. The number of nitrogens with one attached hydrogen (secondary N) is 3. The lowest BCUT2D eigenvalue weighted by Gasteiger charge is -2.25. The van der Waals surface area contributed by atoms with Crippen molar-refractivity contribution in [2.75, 3.05) is 20.1 Å². The van der Waals surface area contributed by atoms with Crippen molar-refractivity contribution < 1.29 is 9.59 Å². The molecule has 0 saturated carbocycles. The van der Waals surface area contributed by atoms with Crippen molar-refractivity contribution >= 4 is 22.7 Å². The predicted octanol–water partition coefficient (Wildman–Crippen LogP) is 1.82. The Kier molecular flexibility index (Phi) is 5.93. The van der Waals surface area contributed by atoms with Crippen LogP contribution in [-0.2, 0) is 16.0 Å². The second kappa shape index (κ2) is 8.36. The third-order valence-electron chi connectivity index (χ3n) is 5.38. The van der Waals surface area contributed by atoms with E-state index in [0.717, 1.165) is 24.8 Å². The largest absolute Gasteiger partial charge is 0.361 e. The molecule has 0 radical (unpaired) electrons. The van der Waals surface area contributed by atoms with Crippen LogP contribution in [0.4, 0.5) is 0 Å². The van der Waals surface area contributed by atoms with E-state index in [-0.39, 0.29) is 17.9 Å². The van der Waals surface area contributed by atoms with Crippen LogP contribution in [0.25, 0.3) is 10.9 Å². The fraction of sp³-hybridized carbons (Fsp3) is 0.500. The van der Waals surface area contributed by atoms with Gasteiger partial charge in [-0.25, -0.2) is 0 Å². The maximum atomic E-state index is 12.3. The second-order valence-corrected chi connectivity index (χ2v) is 7.15. The molecule has 1 fully saturated rings. The fourth-order valence-electron chi connectivity index (χ4n) is 3.81. The summed E-state index contributed by atoms with van der Waals surface area (Å²) in [6, 6.07) is 8.79. The van der Waals surface area contributed by atoms with Gasteiger partial charge in [-0.15, -0.1) is 0 Å². The number of amides is 2. The van der Waals surface area contributed by atoms with E-state index < -0.39 is 0 Å². The molecular weight excluding hydrogens is 328 g/mol. The number of aromatic nitrogens is 1. The first-order valence-corrected chi connectivity index (χ1v) is 9.32. The normalized spacial score (nSPS) is 20.4. The molecule has 140 valence electrons. The number of rotatable bonds is 7. The van der Waals surface area contributed by atoms with Gasteiger partial charge in [0.15, 0.2) is 0 Å². The zero-order valence-corrected chi connectivity index (χ0v) is 15.5. The van der Waals surface area contributed by atoms with Crippen LogP contribution in [0.5, 0.6) is 0 Å². The van der Waals surface area contributed by atoms with Gasteiger partial charge in [0.05, 0.1) is 0 Å². The van der Waals surface area contributed by atoms with E-state index in [1.54, 1.807) is 0 Å². The number of carbonyl (C=O) groups is 2. The highest BCUT2D eigenvalue weighted by Crippen LogP contribution is 2.24. The number of hydrogen-bond acceptors (Lipinski definition) is 3. The van der Waals surface area contributed by atoms with Crippen LogP contribution in [0.2, 0.25) is 0 Å². The molecule has 0 unspecified atom stereocenters. The number of para-hydroxylation sites is 1. The number of fused-ring (bicyclic) bond motifs is 1. The Bertz CT molecular complexity index is 770. The molecule has 26 heavy (non-hydrogen) atoms. The Balaban J connectivity index is 1.42. The lowest BCUT2D eigenvalue weighted by molar-refractivity contribution is -0.122. The van der Waals surface area contributed by atoms with Crippen molar-refractivity contribution in [2.24, 2.45) is 0 Å². The minimum Gasteiger partial charge on any atom is -0.361 e. The maximum Gasteiger partial charge on any atom is 0.221 e. The van der Waals surface area contributed by atoms with E-state index >= 15 is 0 Å². The summed E-state index contributed by atoms with van der Waals surface area (Å²) in [5.41, 5.74) is 2.36. The van der Waals surface area contributed by atoms with Crippen molar-refractivity contribution in [1.29, 1.82) is 0 Å². The molecule has 2 heterocycles. The van der Waals surface area contributed by atoms with Crippen molar-refractivity contribution in [1.82, 2.24) is 20.5 Å². The predicted molar refractivity (Wildman–Crippen MR) is 103 cm³/mol. The molecular formula is C20H28N4O2. The smallest absolute Gasteiger partial charge is 0.221 e. The summed E-state index contributed by atoms with van der Waals surface area (Å²) in [7, 11) is 2.05. The average molecular weight is 356 g/mol.